The fraction of sp³-hybridized carbons (Fsp3) is 0.463. The monoisotopic (exact) mass is 801 g/mol. The number of nitrogens with zero attached hydrogens (tertiary/aromatic N) is 7. The van der Waals surface area contributed by atoms with E-state index in [0.717, 1.165) is 86.9 Å². The van der Waals surface area contributed by atoms with Gasteiger partial charge in [-0.3, -0.25) is 38.5 Å². The van der Waals surface area contributed by atoms with Crippen LogP contribution in [0.3, 0.4) is 0 Å². The first-order valence-corrected chi connectivity index (χ1v) is 19.7. The number of nitrogens with one attached hydrogen (secondary N) is 2. The zero-order valence-corrected chi connectivity index (χ0v) is 32.6. The van der Waals surface area contributed by atoms with Gasteiger partial charge in [-0.25, -0.2) is 4.79 Å². The van der Waals surface area contributed by atoms with Gasteiger partial charge in [-0.15, -0.1) is 0 Å². The van der Waals surface area contributed by atoms with Gasteiger partial charge in [0.1, 0.15) is 17.5 Å². The van der Waals surface area contributed by atoms with Gasteiger partial charge in [0.2, 0.25) is 11.8 Å². The van der Waals surface area contributed by atoms with Crippen molar-refractivity contribution in [3.05, 3.63) is 76.6 Å². The van der Waals surface area contributed by atoms with E-state index < -0.39 is 29.6 Å². The third kappa shape index (κ3) is 7.54. The van der Waals surface area contributed by atoms with Gasteiger partial charge >= 0.3 is 11.9 Å². The third-order valence-corrected chi connectivity index (χ3v) is 12.2. The number of imidazole rings is 1. The maximum absolute atomic E-state index is 13.4. The molecular formula is C41H46F3N9O5. The minimum atomic E-state index is -4.55. The molecule has 306 valence electrons. The molecule has 3 aromatic heterocycles. The van der Waals surface area contributed by atoms with E-state index in [0.29, 0.717) is 47.0 Å². The Bertz CT molecular complexity index is 2420. The molecule has 5 heterocycles. The van der Waals surface area contributed by atoms with Crippen molar-refractivity contribution in [2.24, 2.45) is 13.0 Å². The highest BCUT2D eigenvalue weighted by molar-refractivity contribution is 6.05. The lowest BCUT2D eigenvalue weighted by molar-refractivity contribution is -0.138. The molecule has 58 heavy (non-hydrogen) atoms. The number of halogens is 3. The number of aryl methyl sites for hydroxylation is 1. The van der Waals surface area contributed by atoms with Gasteiger partial charge in [0.05, 0.1) is 46.6 Å². The summed E-state index contributed by atoms with van der Waals surface area (Å²) in [6, 6.07) is 11.1. The Morgan fingerprint density at radius 3 is 2.45 bits per heavy atom. The molecule has 2 N–H and O–H groups in total. The van der Waals surface area contributed by atoms with Gasteiger partial charge in [0.25, 0.3) is 5.91 Å². The number of aromatic nitrogens is 5. The Morgan fingerprint density at radius 1 is 1.02 bits per heavy atom. The largest absolute Gasteiger partial charge is 0.494 e. The van der Waals surface area contributed by atoms with Crippen molar-refractivity contribution in [2.45, 2.75) is 75.7 Å². The van der Waals surface area contributed by atoms with Crippen molar-refractivity contribution in [3.63, 3.8) is 0 Å². The zero-order valence-electron chi connectivity index (χ0n) is 32.6. The number of ether oxygens (including phenoxy) is 1. The second-order valence-electron chi connectivity index (χ2n) is 15.8. The highest BCUT2D eigenvalue weighted by Gasteiger charge is 2.34. The molecule has 0 radical (unpaired) electrons. The van der Waals surface area contributed by atoms with Crippen LogP contribution in [0.2, 0.25) is 0 Å². The molecule has 0 bridgehead atoms. The number of amides is 3. The van der Waals surface area contributed by atoms with Gasteiger partial charge in [-0.2, -0.15) is 18.3 Å². The molecule has 5 aromatic rings. The number of pyridine rings is 1. The molecule has 1 saturated carbocycles. The molecule has 2 aliphatic heterocycles. The van der Waals surface area contributed by atoms with Gasteiger partial charge in [-0.1, -0.05) is 6.07 Å². The van der Waals surface area contributed by atoms with Crippen LogP contribution in [0.4, 0.5) is 24.5 Å². The van der Waals surface area contributed by atoms with Crippen molar-refractivity contribution in [3.8, 4) is 5.75 Å². The lowest BCUT2D eigenvalue weighted by Crippen LogP contribution is -2.45. The van der Waals surface area contributed by atoms with Crippen LogP contribution in [0.25, 0.3) is 21.9 Å². The molecule has 1 unspecified atom stereocenters. The zero-order chi connectivity index (χ0) is 40.9. The molecule has 0 spiro atoms. The molecule has 8 rings (SSSR count). The number of para-hydroxylation sites is 1. The molecule has 17 heteroatoms. The predicted molar refractivity (Wildman–Crippen MR) is 211 cm³/mol. The minimum absolute atomic E-state index is 0.151. The topological polar surface area (TPSA) is 149 Å². The van der Waals surface area contributed by atoms with Crippen LogP contribution in [-0.4, -0.2) is 86.4 Å². The molecule has 3 aliphatic rings. The van der Waals surface area contributed by atoms with Crippen LogP contribution >= 0.6 is 0 Å². The van der Waals surface area contributed by atoms with E-state index in [-0.39, 0.29) is 29.8 Å². The Balaban J connectivity index is 0.860. The summed E-state index contributed by atoms with van der Waals surface area (Å²) < 4.78 is 49.6. The number of imide groups is 1. The van der Waals surface area contributed by atoms with E-state index in [1.807, 2.05) is 29.1 Å². The van der Waals surface area contributed by atoms with E-state index in [1.165, 1.54) is 11.7 Å². The van der Waals surface area contributed by atoms with Crippen molar-refractivity contribution < 1.29 is 32.3 Å². The highest BCUT2D eigenvalue weighted by atomic mass is 19.4. The molecule has 1 aliphatic carbocycles. The van der Waals surface area contributed by atoms with Crippen LogP contribution < -0.4 is 26.0 Å². The fourth-order valence-corrected chi connectivity index (χ4v) is 9.01. The lowest BCUT2D eigenvalue weighted by atomic mass is 9.85. The average Bonchev–Trinajstić information content (AvgIpc) is 3.74. The maximum atomic E-state index is 13.4. The fourth-order valence-electron chi connectivity index (χ4n) is 9.01. The number of methoxy groups -OCH3 is 1. The summed E-state index contributed by atoms with van der Waals surface area (Å²) in [5.74, 6) is -0.474. The van der Waals surface area contributed by atoms with Crippen LogP contribution in [0.1, 0.15) is 79.5 Å². The highest BCUT2D eigenvalue weighted by Crippen LogP contribution is 2.37. The van der Waals surface area contributed by atoms with Crippen molar-refractivity contribution in [1.82, 2.24) is 34.1 Å². The number of carbonyl (C=O) groups is 3. The summed E-state index contributed by atoms with van der Waals surface area (Å²) in [7, 11) is 5.43. The lowest BCUT2D eigenvalue weighted by Gasteiger charge is -2.40. The van der Waals surface area contributed by atoms with Gasteiger partial charge < -0.3 is 19.9 Å². The standard InChI is InChI=1S/C41H46F3N9O5/c1-49(27-15-17-51(18-16-27)32-5-4-6-33-37(32)50(2)40(57)53(33)34-13-14-36(54)47-39(34)56)22-24-7-10-28(11-8-24)52-23-25-19-31(35(58-3)20-30(25)48-52)46-38(55)29-12-9-26(21-45-29)41(42,43)44/h4-6,9,12,19-21,23-24,27-28,34H,7-8,10-11,13-18,22H2,1-3H3,(H,46,55)(H,47,54,56)/t24-,28-,34?. The molecule has 1 atom stereocenters. The van der Waals surface area contributed by atoms with E-state index in [2.05, 4.69) is 32.5 Å². The van der Waals surface area contributed by atoms with Crippen LogP contribution in [0.5, 0.6) is 5.75 Å². The van der Waals surface area contributed by atoms with Gasteiger partial charge in [0.15, 0.2) is 0 Å². The van der Waals surface area contributed by atoms with Gasteiger partial charge in [-0.05, 0) is 88.2 Å². The van der Waals surface area contributed by atoms with E-state index in [9.17, 15) is 32.3 Å². The average molecular weight is 802 g/mol. The summed E-state index contributed by atoms with van der Waals surface area (Å²) in [5, 5.41) is 10.7. The summed E-state index contributed by atoms with van der Waals surface area (Å²) in [5.41, 5.74) is 2.20. The number of carbonyl (C=O) groups excluding carboxylic acids is 3. The number of rotatable bonds is 9. The van der Waals surface area contributed by atoms with Crippen molar-refractivity contribution in [2.75, 3.05) is 44.0 Å². The smallest absolute Gasteiger partial charge is 0.417 e. The molecule has 3 fully saturated rings. The van der Waals surface area contributed by atoms with Crippen molar-refractivity contribution in [1.29, 1.82) is 0 Å². The SMILES string of the molecule is COc1cc2nn([C@H]3CC[C@H](CN(C)C4CCN(c5cccc6c5n(C)c(=O)n6C5CCC(=O)NC5=O)CC4)CC3)cc2cc1NC(=O)c1ccc(C(F)(F)F)cn1. The number of alkyl halides is 3. The molecule has 14 nitrogen and oxygen atoms in total. The van der Waals surface area contributed by atoms with Crippen molar-refractivity contribution >= 4 is 51.0 Å². The van der Waals surface area contributed by atoms with Gasteiger partial charge in [0, 0.05) is 63.0 Å². The number of hydrogen-bond donors (Lipinski definition) is 2. The van der Waals surface area contributed by atoms with E-state index in [1.54, 1.807) is 23.7 Å². The predicted octanol–water partition coefficient (Wildman–Crippen LogP) is 5.67. The number of anilines is 2. The summed E-state index contributed by atoms with van der Waals surface area (Å²) in [4.78, 5) is 59.4. The van der Waals surface area contributed by atoms with Crippen LogP contribution in [0, 0.1) is 5.92 Å². The third-order valence-electron chi connectivity index (χ3n) is 12.2. The summed E-state index contributed by atoms with van der Waals surface area (Å²) >= 11 is 0. The molecule has 2 saturated heterocycles. The normalized spacial score (nSPS) is 20.9. The van der Waals surface area contributed by atoms with E-state index >= 15 is 0 Å². The Hall–Kier alpha value is -5.71. The Labute approximate surface area is 331 Å². The number of benzene rings is 2. The minimum Gasteiger partial charge on any atom is -0.494 e. The van der Waals surface area contributed by atoms with Crippen LogP contribution in [0.15, 0.2) is 59.7 Å². The van der Waals surface area contributed by atoms with E-state index in [4.69, 9.17) is 9.84 Å². The maximum Gasteiger partial charge on any atom is 0.417 e. The molecule has 3 amide bonds. The quantitative estimate of drug-likeness (QED) is 0.180. The molecular weight excluding hydrogens is 756 g/mol. The Kier molecular flexibility index (Phi) is 10.5. The second kappa shape index (κ2) is 15.6. The summed E-state index contributed by atoms with van der Waals surface area (Å²) in [6.07, 6.45) is 4.60. The Morgan fingerprint density at radius 2 is 1.78 bits per heavy atom. The van der Waals surface area contributed by atoms with Crippen LogP contribution in [-0.2, 0) is 22.8 Å². The first-order valence-electron chi connectivity index (χ1n) is 19.7. The first-order chi connectivity index (χ1) is 27.8. The molecule has 2 aromatic carbocycles. The number of hydrogen-bond acceptors (Lipinski definition) is 9. The number of fused-ring (bicyclic) bond motifs is 2. The summed E-state index contributed by atoms with van der Waals surface area (Å²) in [6.45, 7) is 2.69. The first kappa shape index (κ1) is 39.1. The number of piperidine rings is 2. The second-order valence-corrected chi connectivity index (χ2v) is 15.8.